The van der Waals surface area contributed by atoms with Crippen LogP contribution in [0.5, 0.6) is 0 Å². The average Bonchev–Trinajstić information content (AvgIpc) is 3.19. The largest absolute Gasteiger partial charge is 0.381 e. The van der Waals surface area contributed by atoms with Crippen molar-refractivity contribution in [2.24, 2.45) is 5.92 Å². The lowest BCUT2D eigenvalue weighted by Crippen LogP contribution is -2.35. The van der Waals surface area contributed by atoms with E-state index >= 15 is 0 Å². The van der Waals surface area contributed by atoms with Gasteiger partial charge in [0.1, 0.15) is 5.82 Å². The molecular formula is C21H23FN2O3. The molecular weight excluding hydrogens is 347 g/mol. The van der Waals surface area contributed by atoms with Crippen LogP contribution in [0, 0.1) is 11.7 Å². The molecule has 142 valence electrons. The number of carbonyl (C=O) groups excluding carboxylic acids is 2. The maximum atomic E-state index is 13.0. The third-order valence-corrected chi connectivity index (χ3v) is 4.65. The number of carbonyl (C=O) groups is 2. The van der Waals surface area contributed by atoms with Gasteiger partial charge in [0.05, 0.1) is 6.61 Å². The highest BCUT2D eigenvalue weighted by Gasteiger charge is 2.22. The first-order valence-electron chi connectivity index (χ1n) is 9.11. The molecule has 1 heterocycles. The number of rotatable bonds is 6. The number of nitrogens with zero attached hydrogens (tertiary/aromatic N) is 1. The zero-order valence-corrected chi connectivity index (χ0v) is 15.3. The van der Waals surface area contributed by atoms with E-state index in [1.54, 1.807) is 29.2 Å². The highest BCUT2D eigenvalue weighted by Crippen LogP contribution is 2.18. The summed E-state index contributed by atoms with van der Waals surface area (Å²) in [5.74, 6) is -0.445. The highest BCUT2D eigenvalue weighted by atomic mass is 19.1. The minimum absolute atomic E-state index is 0.0673. The van der Waals surface area contributed by atoms with Gasteiger partial charge in [0.2, 0.25) is 0 Å². The van der Waals surface area contributed by atoms with Crippen LogP contribution in [0.3, 0.4) is 0 Å². The van der Waals surface area contributed by atoms with Gasteiger partial charge in [0, 0.05) is 42.4 Å². The van der Waals surface area contributed by atoms with Crippen molar-refractivity contribution in [3.63, 3.8) is 0 Å². The second kappa shape index (κ2) is 8.77. The Morgan fingerprint density at radius 2 is 1.96 bits per heavy atom. The average molecular weight is 370 g/mol. The number of nitrogens with one attached hydrogen (secondary N) is 1. The second-order valence-electron chi connectivity index (χ2n) is 6.62. The molecule has 2 aromatic rings. The van der Waals surface area contributed by atoms with E-state index in [9.17, 15) is 14.0 Å². The number of benzene rings is 2. The van der Waals surface area contributed by atoms with Crippen LogP contribution >= 0.6 is 0 Å². The van der Waals surface area contributed by atoms with Crippen LogP contribution in [0.4, 0.5) is 10.1 Å². The van der Waals surface area contributed by atoms with E-state index in [4.69, 9.17) is 4.74 Å². The van der Waals surface area contributed by atoms with Crippen LogP contribution in [0.15, 0.2) is 48.5 Å². The lowest BCUT2D eigenvalue weighted by Gasteiger charge is -2.24. The van der Waals surface area contributed by atoms with E-state index in [0.29, 0.717) is 42.4 Å². The smallest absolute Gasteiger partial charge is 0.255 e. The summed E-state index contributed by atoms with van der Waals surface area (Å²) >= 11 is 0. The Kier molecular flexibility index (Phi) is 6.19. The van der Waals surface area contributed by atoms with Crippen LogP contribution in [-0.4, -0.2) is 43.0 Å². The Bertz CT molecular complexity index is 801. The van der Waals surface area contributed by atoms with Crippen molar-refractivity contribution < 1.29 is 18.7 Å². The summed E-state index contributed by atoms with van der Waals surface area (Å²) in [4.78, 5) is 26.9. The Morgan fingerprint density at radius 3 is 2.63 bits per heavy atom. The molecule has 2 aromatic carbocycles. The van der Waals surface area contributed by atoms with Gasteiger partial charge in [-0.15, -0.1) is 0 Å². The molecule has 0 aromatic heterocycles. The van der Waals surface area contributed by atoms with Crippen LogP contribution in [0.1, 0.15) is 34.1 Å². The van der Waals surface area contributed by atoms with Crippen LogP contribution in [-0.2, 0) is 4.74 Å². The quantitative estimate of drug-likeness (QED) is 0.846. The summed E-state index contributed by atoms with van der Waals surface area (Å²) in [7, 11) is 0. The number of hydrogen-bond acceptors (Lipinski definition) is 3. The fraction of sp³-hybridized carbons (Fsp3) is 0.333. The second-order valence-corrected chi connectivity index (χ2v) is 6.62. The number of ether oxygens (including phenoxy) is 1. The van der Waals surface area contributed by atoms with Gasteiger partial charge in [-0.25, -0.2) is 4.39 Å². The van der Waals surface area contributed by atoms with E-state index in [0.717, 1.165) is 13.0 Å². The predicted molar refractivity (Wildman–Crippen MR) is 101 cm³/mol. The number of hydrogen-bond donors (Lipinski definition) is 1. The molecule has 2 amide bonds. The summed E-state index contributed by atoms with van der Waals surface area (Å²) in [5.41, 5.74) is 1.40. The lowest BCUT2D eigenvalue weighted by molar-refractivity contribution is 0.0730. The molecule has 1 aliphatic rings. The lowest BCUT2D eigenvalue weighted by atomic mass is 10.1. The summed E-state index contributed by atoms with van der Waals surface area (Å²) in [6, 6.07) is 12.2. The SMILES string of the molecule is CCN(CC1CCOC1)C(=O)c1cccc(NC(=O)c2ccc(F)cc2)c1. The minimum atomic E-state index is -0.397. The summed E-state index contributed by atoms with van der Waals surface area (Å²) in [6.45, 7) is 4.68. The van der Waals surface area contributed by atoms with Gasteiger partial charge in [0.25, 0.3) is 11.8 Å². The highest BCUT2D eigenvalue weighted by molar-refractivity contribution is 6.05. The fourth-order valence-corrected chi connectivity index (χ4v) is 3.11. The van der Waals surface area contributed by atoms with Crippen LogP contribution in [0.25, 0.3) is 0 Å². The Morgan fingerprint density at radius 1 is 1.19 bits per heavy atom. The molecule has 1 fully saturated rings. The molecule has 0 aliphatic carbocycles. The Balaban J connectivity index is 1.69. The first kappa shape index (κ1) is 19.0. The van der Waals surface area contributed by atoms with Gasteiger partial charge >= 0.3 is 0 Å². The maximum absolute atomic E-state index is 13.0. The van der Waals surface area contributed by atoms with E-state index in [1.807, 2.05) is 6.92 Å². The van der Waals surface area contributed by atoms with Gasteiger partial charge in [-0.2, -0.15) is 0 Å². The van der Waals surface area contributed by atoms with Crippen LogP contribution in [0.2, 0.25) is 0 Å². The molecule has 1 aliphatic heterocycles. The van der Waals surface area contributed by atoms with Crippen molar-refractivity contribution in [3.05, 3.63) is 65.5 Å². The Hall–Kier alpha value is -2.73. The Labute approximate surface area is 158 Å². The molecule has 0 spiro atoms. The first-order valence-corrected chi connectivity index (χ1v) is 9.11. The number of anilines is 1. The number of halogens is 1. The fourth-order valence-electron chi connectivity index (χ4n) is 3.11. The van der Waals surface area contributed by atoms with Crippen molar-refractivity contribution in [2.75, 3.05) is 31.6 Å². The first-order chi connectivity index (χ1) is 13.1. The number of amides is 2. The third-order valence-electron chi connectivity index (χ3n) is 4.65. The molecule has 6 heteroatoms. The zero-order chi connectivity index (χ0) is 19.2. The summed E-state index contributed by atoms with van der Waals surface area (Å²) in [6.07, 6.45) is 0.970. The topological polar surface area (TPSA) is 58.6 Å². The van der Waals surface area contributed by atoms with E-state index < -0.39 is 5.82 Å². The molecule has 3 rings (SSSR count). The van der Waals surface area contributed by atoms with Crippen molar-refractivity contribution in [1.82, 2.24) is 4.90 Å². The minimum Gasteiger partial charge on any atom is -0.381 e. The van der Waals surface area contributed by atoms with Crippen molar-refractivity contribution in [2.45, 2.75) is 13.3 Å². The van der Waals surface area contributed by atoms with Crippen molar-refractivity contribution >= 4 is 17.5 Å². The van der Waals surface area contributed by atoms with E-state index in [2.05, 4.69) is 5.32 Å². The standard InChI is InChI=1S/C21H23FN2O3/c1-2-24(13-15-10-11-27-14-15)21(26)17-4-3-5-19(12-17)23-20(25)16-6-8-18(22)9-7-16/h3-9,12,15H,2,10-11,13-14H2,1H3,(H,23,25). The molecule has 27 heavy (non-hydrogen) atoms. The molecule has 1 N–H and O–H groups in total. The molecule has 1 atom stereocenters. The van der Waals surface area contributed by atoms with E-state index in [1.165, 1.54) is 24.3 Å². The van der Waals surface area contributed by atoms with Crippen LogP contribution < -0.4 is 5.32 Å². The predicted octanol–water partition coefficient (Wildman–Crippen LogP) is 3.58. The van der Waals surface area contributed by atoms with Gasteiger partial charge < -0.3 is 15.0 Å². The molecule has 5 nitrogen and oxygen atoms in total. The third kappa shape index (κ3) is 4.92. The molecule has 0 saturated carbocycles. The summed E-state index contributed by atoms with van der Waals surface area (Å²) < 4.78 is 18.4. The molecule has 0 bridgehead atoms. The summed E-state index contributed by atoms with van der Waals surface area (Å²) in [5, 5.41) is 2.75. The van der Waals surface area contributed by atoms with Gasteiger partial charge in [0.15, 0.2) is 0 Å². The maximum Gasteiger partial charge on any atom is 0.255 e. The van der Waals surface area contributed by atoms with E-state index in [-0.39, 0.29) is 11.8 Å². The van der Waals surface area contributed by atoms with Gasteiger partial charge in [-0.3, -0.25) is 9.59 Å². The molecule has 0 radical (unpaired) electrons. The molecule has 1 unspecified atom stereocenters. The normalized spacial score (nSPS) is 16.1. The van der Waals surface area contributed by atoms with Gasteiger partial charge in [-0.05, 0) is 55.8 Å². The van der Waals surface area contributed by atoms with Crippen molar-refractivity contribution in [3.8, 4) is 0 Å². The molecule has 1 saturated heterocycles. The van der Waals surface area contributed by atoms with Crippen molar-refractivity contribution in [1.29, 1.82) is 0 Å². The monoisotopic (exact) mass is 370 g/mol. The van der Waals surface area contributed by atoms with Gasteiger partial charge in [-0.1, -0.05) is 6.07 Å². The zero-order valence-electron chi connectivity index (χ0n) is 15.3.